The van der Waals surface area contributed by atoms with Gasteiger partial charge in [-0.05, 0) is 18.4 Å². The molecule has 1 aliphatic carbocycles. The van der Waals surface area contributed by atoms with Gasteiger partial charge in [0.1, 0.15) is 0 Å². The maximum Gasteiger partial charge on any atom is 0.266 e. The van der Waals surface area contributed by atoms with E-state index < -0.39 is 15.8 Å². The molecule has 0 radical (unpaired) electrons. The summed E-state index contributed by atoms with van der Waals surface area (Å²) < 4.78 is 27.2. The lowest BCUT2D eigenvalue weighted by Crippen LogP contribution is -2.39. The Morgan fingerprint density at radius 2 is 2.07 bits per heavy atom. The van der Waals surface area contributed by atoms with Crippen molar-refractivity contribution < 1.29 is 12.6 Å². The summed E-state index contributed by atoms with van der Waals surface area (Å²) in [5, 5.41) is 0. The molecule has 0 fully saturated rings. The van der Waals surface area contributed by atoms with E-state index in [1.165, 1.54) is 0 Å². The second-order valence-electron chi connectivity index (χ2n) is 3.83. The van der Waals surface area contributed by atoms with Crippen LogP contribution in [0.2, 0.25) is 0 Å². The number of nitrogens with two attached hydrogens (primary N) is 1. The van der Waals surface area contributed by atoms with Crippen LogP contribution in [0.4, 0.5) is 0 Å². The van der Waals surface area contributed by atoms with Crippen molar-refractivity contribution in [1.82, 2.24) is 0 Å². The predicted octanol–water partition coefficient (Wildman–Crippen LogP) is 0.720. The van der Waals surface area contributed by atoms with Crippen molar-refractivity contribution in [3.63, 3.8) is 0 Å². The quantitative estimate of drug-likeness (QED) is 0.597. The van der Waals surface area contributed by atoms with Crippen LogP contribution < -0.4 is 5.73 Å². The van der Waals surface area contributed by atoms with E-state index in [0.29, 0.717) is 6.42 Å². The molecule has 0 amide bonds. The highest BCUT2D eigenvalue weighted by Gasteiger charge is 2.38. The van der Waals surface area contributed by atoms with Crippen LogP contribution in [0, 0.1) is 0 Å². The molecule has 15 heavy (non-hydrogen) atoms. The molecule has 1 aromatic carbocycles. The van der Waals surface area contributed by atoms with Crippen molar-refractivity contribution >= 4 is 10.1 Å². The average molecular weight is 227 g/mol. The molecular weight excluding hydrogens is 214 g/mol. The van der Waals surface area contributed by atoms with Gasteiger partial charge in [0.2, 0.25) is 0 Å². The lowest BCUT2D eigenvalue weighted by Gasteiger charge is -2.23. The molecule has 0 aliphatic heterocycles. The first-order valence-electron chi connectivity index (χ1n) is 4.69. The summed E-state index contributed by atoms with van der Waals surface area (Å²) in [6.07, 6.45) is 2.27. The molecule has 1 atom stereocenters. The first-order chi connectivity index (χ1) is 6.91. The van der Waals surface area contributed by atoms with E-state index in [1.54, 1.807) is 0 Å². The highest BCUT2D eigenvalue weighted by Crippen LogP contribution is 2.36. The Kier molecular flexibility index (Phi) is 2.33. The second-order valence-corrected chi connectivity index (χ2v) is 5.41. The molecule has 82 valence electrons. The number of fused-ring (bicyclic) bond motifs is 1. The molecule has 0 bridgehead atoms. The van der Waals surface area contributed by atoms with E-state index in [2.05, 4.69) is 0 Å². The maximum absolute atomic E-state index is 11.1. The lowest BCUT2D eigenvalue weighted by molar-refractivity contribution is 0.0850. The third-order valence-corrected chi connectivity index (χ3v) is 3.14. The zero-order valence-corrected chi connectivity index (χ0v) is 9.25. The van der Waals surface area contributed by atoms with E-state index in [1.807, 2.05) is 24.3 Å². The molecular formula is C10H13NO3S. The van der Waals surface area contributed by atoms with Gasteiger partial charge in [0.05, 0.1) is 6.26 Å². The van der Waals surface area contributed by atoms with Gasteiger partial charge in [-0.3, -0.25) is 5.73 Å². The van der Waals surface area contributed by atoms with Crippen LogP contribution in [0.1, 0.15) is 17.5 Å². The van der Waals surface area contributed by atoms with Gasteiger partial charge >= 0.3 is 0 Å². The molecule has 0 saturated heterocycles. The van der Waals surface area contributed by atoms with Crippen LogP contribution in [0.25, 0.3) is 0 Å². The number of benzene rings is 1. The Morgan fingerprint density at radius 1 is 1.40 bits per heavy atom. The lowest BCUT2D eigenvalue weighted by atomic mass is 10.1. The van der Waals surface area contributed by atoms with Crippen molar-refractivity contribution in [1.29, 1.82) is 0 Å². The Labute approximate surface area is 89.2 Å². The third-order valence-electron chi connectivity index (χ3n) is 2.54. The summed E-state index contributed by atoms with van der Waals surface area (Å²) in [4.78, 5) is 0. The number of aryl methyl sites for hydroxylation is 1. The van der Waals surface area contributed by atoms with Crippen LogP contribution in [0.5, 0.6) is 0 Å². The fraction of sp³-hybridized carbons (Fsp3) is 0.400. The van der Waals surface area contributed by atoms with Crippen molar-refractivity contribution in [3.8, 4) is 0 Å². The van der Waals surface area contributed by atoms with Crippen molar-refractivity contribution in [2.45, 2.75) is 18.6 Å². The van der Waals surface area contributed by atoms with E-state index in [9.17, 15) is 8.42 Å². The minimum Gasteiger partial charge on any atom is -0.298 e. The van der Waals surface area contributed by atoms with Gasteiger partial charge in [0, 0.05) is 5.56 Å². The standard InChI is InChI=1S/C10H13NO3S/c1-15(12,13)14-10(11)7-6-8-4-2-3-5-9(8)10/h2-5H,6-7,11H2,1H3. The molecule has 1 unspecified atom stereocenters. The smallest absolute Gasteiger partial charge is 0.266 e. The topological polar surface area (TPSA) is 69.4 Å². The van der Waals surface area contributed by atoms with Gasteiger partial charge in [-0.2, -0.15) is 8.42 Å². The number of hydrogen-bond acceptors (Lipinski definition) is 4. The van der Waals surface area contributed by atoms with E-state index >= 15 is 0 Å². The number of hydrogen-bond donors (Lipinski definition) is 1. The summed E-state index contributed by atoms with van der Waals surface area (Å²) in [5.74, 6) is 0. The fourth-order valence-corrected chi connectivity index (χ4v) is 2.68. The first kappa shape index (κ1) is 10.6. The molecule has 0 aromatic heterocycles. The van der Waals surface area contributed by atoms with E-state index in [0.717, 1.165) is 23.8 Å². The highest BCUT2D eigenvalue weighted by molar-refractivity contribution is 7.86. The van der Waals surface area contributed by atoms with Crippen LogP contribution in [-0.2, 0) is 26.4 Å². The molecule has 0 saturated carbocycles. The summed E-state index contributed by atoms with van der Waals surface area (Å²) in [6.45, 7) is 0. The molecule has 1 aromatic rings. The Morgan fingerprint density at radius 3 is 2.73 bits per heavy atom. The molecule has 0 spiro atoms. The minimum atomic E-state index is -3.53. The Bertz CT molecular complexity index is 483. The predicted molar refractivity (Wildman–Crippen MR) is 56.6 cm³/mol. The summed E-state index contributed by atoms with van der Waals surface area (Å²) in [7, 11) is -3.53. The number of rotatable bonds is 2. The molecule has 0 heterocycles. The largest absolute Gasteiger partial charge is 0.298 e. The fourth-order valence-electron chi connectivity index (χ4n) is 1.96. The van der Waals surface area contributed by atoms with Gasteiger partial charge in [0.15, 0.2) is 5.72 Å². The normalized spacial score (nSPS) is 25.2. The van der Waals surface area contributed by atoms with Gasteiger partial charge in [-0.15, -0.1) is 0 Å². The van der Waals surface area contributed by atoms with Crippen molar-refractivity contribution in [2.75, 3.05) is 6.26 Å². The van der Waals surface area contributed by atoms with Crippen LogP contribution >= 0.6 is 0 Å². The van der Waals surface area contributed by atoms with Gasteiger partial charge in [-0.25, -0.2) is 4.18 Å². The Balaban J connectivity index is 2.41. The van der Waals surface area contributed by atoms with Gasteiger partial charge < -0.3 is 0 Å². The summed E-state index contributed by atoms with van der Waals surface area (Å²) in [5.41, 5.74) is 6.61. The van der Waals surface area contributed by atoms with E-state index in [4.69, 9.17) is 9.92 Å². The monoisotopic (exact) mass is 227 g/mol. The van der Waals surface area contributed by atoms with E-state index in [-0.39, 0.29) is 0 Å². The van der Waals surface area contributed by atoms with Crippen molar-refractivity contribution in [2.24, 2.45) is 5.73 Å². The maximum atomic E-state index is 11.1. The zero-order valence-electron chi connectivity index (χ0n) is 8.43. The molecule has 1 aliphatic rings. The molecule has 2 rings (SSSR count). The third kappa shape index (κ3) is 2.04. The minimum absolute atomic E-state index is 0.499. The van der Waals surface area contributed by atoms with Crippen LogP contribution in [0.3, 0.4) is 0 Å². The second kappa shape index (κ2) is 3.30. The highest BCUT2D eigenvalue weighted by atomic mass is 32.2. The van der Waals surface area contributed by atoms with Crippen molar-refractivity contribution in [3.05, 3.63) is 35.4 Å². The van der Waals surface area contributed by atoms with Crippen LogP contribution in [-0.4, -0.2) is 14.7 Å². The summed E-state index contributed by atoms with van der Waals surface area (Å²) >= 11 is 0. The van der Waals surface area contributed by atoms with Gasteiger partial charge in [-0.1, -0.05) is 24.3 Å². The van der Waals surface area contributed by atoms with Crippen LogP contribution in [0.15, 0.2) is 24.3 Å². The molecule has 5 heteroatoms. The molecule has 2 N–H and O–H groups in total. The zero-order chi connectivity index (χ0) is 11.1. The summed E-state index contributed by atoms with van der Waals surface area (Å²) in [6, 6.07) is 7.49. The van der Waals surface area contributed by atoms with Gasteiger partial charge in [0.25, 0.3) is 10.1 Å². The Hall–Kier alpha value is -0.910. The molecule has 4 nitrogen and oxygen atoms in total. The SMILES string of the molecule is CS(=O)(=O)OC1(N)CCc2ccccc21. The first-order valence-corrected chi connectivity index (χ1v) is 6.50. The average Bonchev–Trinajstić information content (AvgIpc) is 2.42.